The van der Waals surface area contributed by atoms with Gasteiger partial charge < -0.3 is 0 Å². The van der Waals surface area contributed by atoms with Gasteiger partial charge in [0, 0.05) is 18.6 Å². The predicted molar refractivity (Wildman–Crippen MR) is 65.2 cm³/mol. The molecule has 0 unspecified atom stereocenters. The van der Waals surface area contributed by atoms with Crippen LogP contribution in [-0.4, -0.2) is 16.2 Å². The Kier molecular flexibility index (Phi) is 3.05. The van der Waals surface area contributed by atoms with Crippen LogP contribution in [0.1, 0.15) is 16.7 Å². The first-order chi connectivity index (χ1) is 7.74. The van der Waals surface area contributed by atoms with Gasteiger partial charge >= 0.3 is 0 Å². The van der Waals surface area contributed by atoms with Crippen molar-refractivity contribution in [3.05, 3.63) is 53.3 Å². The largest absolute Gasteiger partial charge is 0.249 e. The van der Waals surface area contributed by atoms with Crippen molar-refractivity contribution in [3.8, 4) is 0 Å². The summed E-state index contributed by atoms with van der Waals surface area (Å²) in [6, 6.07) is 8.15. The lowest BCUT2D eigenvalue weighted by molar-refractivity contribution is 1.11. The van der Waals surface area contributed by atoms with E-state index >= 15 is 0 Å². The van der Waals surface area contributed by atoms with Crippen molar-refractivity contribution in [2.45, 2.75) is 13.8 Å². The first-order valence-electron chi connectivity index (χ1n) is 5.13. The number of aromatic nitrogens is 2. The normalized spacial score (nSPS) is 10.9. The van der Waals surface area contributed by atoms with Crippen molar-refractivity contribution in [1.29, 1.82) is 0 Å². The predicted octanol–water partition coefficient (Wildman–Crippen LogP) is 2.84. The van der Waals surface area contributed by atoms with Crippen LogP contribution in [-0.2, 0) is 0 Å². The van der Waals surface area contributed by atoms with E-state index in [1.807, 2.05) is 19.1 Å². The summed E-state index contributed by atoms with van der Waals surface area (Å²) in [6.07, 6.45) is 5.29. The van der Waals surface area contributed by atoms with E-state index in [2.05, 4.69) is 34.0 Å². The van der Waals surface area contributed by atoms with E-state index in [9.17, 15) is 0 Å². The minimum absolute atomic E-state index is 0.492. The molecule has 0 bridgehead atoms. The Hall–Kier alpha value is -2.03. The maximum absolute atomic E-state index is 4.20. The second kappa shape index (κ2) is 4.66. The van der Waals surface area contributed by atoms with Gasteiger partial charge in [0.2, 0.25) is 5.95 Å². The Morgan fingerprint density at radius 3 is 2.19 bits per heavy atom. The molecule has 0 aliphatic rings. The van der Waals surface area contributed by atoms with Crippen LogP contribution in [0.2, 0.25) is 0 Å². The lowest BCUT2D eigenvalue weighted by Gasteiger charge is -1.95. The summed E-state index contributed by atoms with van der Waals surface area (Å²) in [5.41, 5.74) is 3.33. The third-order valence-corrected chi connectivity index (χ3v) is 2.17. The number of aliphatic imine (C=N–C) groups is 1. The van der Waals surface area contributed by atoms with Gasteiger partial charge in [0.15, 0.2) is 0 Å². The average molecular weight is 211 g/mol. The van der Waals surface area contributed by atoms with Crippen molar-refractivity contribution in [2.24, 2.45) is 4.99 Å². The molecule has 0 aliphatic carbocycles. The lowest BCUT2D eigenvalue weighted by Crippen LogP contribution is -1.84. The summed E-state index contributed by atoms with van der Waals surface area (Å²) < 4.78 is 0. The quantitative estimate of drug-likeness (QED) is 0.716. The number of aryl methyl sites for hydroxylation is 2. The van der Waals surface area contributed by atoms with E-state index in [4.69, 9.17) is 0 Å². The highest BCUT2D eigenvalue weighted by Gasteiger charge is 1.91. The van der Waals surface area contributed by atoms with Crippen LogP contribution in [0, 0.1) is 13.8 Å². The Bertz CT molecular complexity index is 436. The van der Waals surface area contributed by atoms with Crippen LogP contribution in [0.5, 0.6) is 0 Å². The van der Waals surface area contributed by atoms with Crippen molar-refractivity contribution < 1.29 is 0 Å². The number of hydrogen-bond acceptors (Lipinski definition) is 3. The molecule has 0 aliphatic heterocycles. The zero-order chi connectivity index (χ0) is 11.4. The molecule has 0 radical (unpaired) electrons. The van der Waals surface area contributed by atoms with Crippen molar-refractivity contribution in [1.82, 2.24) is 9.97 Å². The van der Waals surface area contributed by atoms with Crippen LogP contribution < -0.4 is 0 Å². The van der Waals surface area contributed by atoms with Gasteiger partial charge in [0.25, 0.3) is 0 Å². The number of nitrogens with zero attached hydrogens (tertiary/aromatic N) is 3. The summed E-state index contributed by atoms with van der Waals surface area (Å²) >= 11 is 0. The molecule has 0 amide bonds. The molecule has 0 spiro atoms. The zero-order valence-corrected chi connectivity index (χ0v) is 9.38. The van der Waals surface area contributed by atoms with E-state index in [1.165, 1.54) is 5.56 Å². The van der Waals surface area contributed by atoms with Gasteiger partial charge in [0.05, 0.1) is 0 Å². The monoisotopic (exact) mass is 211 g/mol. The molecular formula is C13H13N3. The third kappa shape index (κ3) is 2.73. The van der Waals surface area contributed by atoms with E-state index in [0.717, 1.165) is 11.1 Å². The maximum atomic E-state index is 4.20. The molecule has 16 heavy (non-hydrogen) atoms. The van der Waals surface area contributed by atoms with Gasteiger partial charge in [-0.3, -0.25) is 0 Å². The van der Waals surface area contributed by atoms with E-state index in [1.54, 1.807) is 18.6 Å². The molecule has 80 valence electrons. The Morgan fingerprint density at radius 1 is 0.938 bits per heavy atom. The number of rotatable bonds is 2. The van der Waals surface area contributed by atoms with Crippen LogP contribution in [0.25, 0.3) is 0 Å². The molecule has 1 aromatic carbocycles. The highest BCUT2D eigenvalue weighted by Crippen LogP contribution is 2.05. The highest BCUT2D eigenvalue weighted by molar-refractivity contribution is 5.81. The lowest BCUT2D eigenvalue weighted by atomic mass is 10.2. The first-order valence-corrected chi connectivity index (χ1v) is 5.13. The molecule has 0 fully saturated rings. The average Bonchev–Trinajstić information content (AvgIpc) is 2.30. The Balaban J connectivity index is 2.15. The minimum Gasteiger partial charge on any atom is -0.219 e. The molecule has 0 saturated heterocycles. The van der Waals surface area contributed by atoms with Crippen molar-refractivity contribution in [2.75, 3.05) is 0 Å². The summed E-state index contributed by atoms with van der Waals surface area (Å²) in [5, 5.41) is 0. The fourth-order valence-electron chi connectivity index (χ4n) is 1.24. The molecule has 2 aromatic rings. The second-order valence-electron chi connectivity index (χ2n) is 3.73. The van der Waals surface area contributed by atoms with E-state index < -0.39 is 0 Å². The van der Waals surface area contributed by atoms with Gasteiger partial charge in [0.1, 0.15) is 0 Å². The molecule has 2 rings (SSSR count). The fraction of sp³-hybridized carbons (Fsp3) is 0.154. The zero-order valence-electron chi connectivity index (χ0n) is 9.38. The molecule has 0 atom stereocenters. The van der Waals surface area contributed by atoms with E-state index in [0.29, 0.717) is 5.95 Å². The fourth-order valence-corrected chi connectivity index (χ4v) is 1.24. The summed E-state index contributed by atoms with van der Waals surface area (Å²) in [4.78, 5) is 12.4. The number of hydrogen-bond donors (Lipinski definition) is 0. The molecule has 0 N–H and O–H groups in total. The summed E-state index contributed by atoms with van der Waals surface area (Å²) in [6.45, 7) is 4.01. The van der Waals surface area contributed by atoms with Gasteiger partial charge in [-0.05, 0) is 25.0 Å². The molecule has 0 saturated carbocycles. The van der Waals surface area contributed by atoms with Crippen molar-refractivity contribution in [3.63, 3.8) is 0 Å². The van der Waals surface area contributed by atoms with Gasteiger partial charge in [-0.25, -0.2) is 15.0 Å². The molecule has 1 heterocycles. The smallest absolute Gasteiger partial charge is 0.219 e. The minimum atomic E-state index is 0.492. The molecule has 1 aromatic heterocycles. The topological polar surface area (TPSA) is 38.1 Å². The van der Waals surface area contributed by atoms with Crippen molar-refractivity contribution >= 4 is 12.2 Å². The summed E-state index contributed by atoms with van der Waals surface area (Å²) in [7, 11) is 0. The third-order valence-electron chi connectivity index (χ3n) is 2.17. The van der Waals surface area contributed by atoms with E-state index in [-0.39, 0.29) is 0 Å². The highest BCUT2D eigenvalue weighted by atomic mass is 15.0. The maximum Gasteiger partial charge on any atom is 0.249 e. The van der Waals surface area contributed by atoms with Crippen LogP contribution in [0.3, 0.4) is 0 Å². The molecular weight excluding hydrogens is 198 g/mol. The van der Waals surface area contributed by atoms with Crippen LogP contribution in [0.4, 0.5) is 5.95 Å². The van der Waals surface area contributed by atoms with Crippen LogP contribution in [0.15, 0.2) is 41.7 Å². The standard InChI is InChI=1S/C13H13N3/c1-10-3-5-12(6-4-10)9-16-13-14-7-11(2)8-15-13/h3-9H,1-2H3. The van der Waals surface area contributed by atoms with Gasteiger partial charge in [-0.15, -0.1) is 0 Å². The van der Waals surface area contributed by atoms with Crippen LogP contribution >= 0.6 is 0 Å². The Labute approximate surface area is 94.9 Å². The first kappa shape index (κ1) is 10.5. The van der Waals surface area contributed by atoms with Gasteiger partial charge in [-0.1, -0.05) is 29.8 Å². The SMILES string of the molecule is Cc1ccc(C=Nc2ncc(C)cn2)cc1. The molecule has 3 nitrogen and oxygen atoms in total. The van der Waals surface area contributed by atoms with Gasteiger partial charge in [-0.2, -0.15) is 0 Å². The summed E-state index contributed by atoms with van der Waals surface area (Å²) in [5.74, 6) is 0.492. The Morgan fingerprint density at radius 2 is 1.56 bits per heavy atom. The molecule has 3 heteroatoms. The second-order valence-corrected chi connectivity index (χ2v) is 3.73. The number of benzene rings is 1.